The van der Waals surface area contributed by atoms with Gasteiger partial charge in [-0.15, -0.1) is 0 Å². The maximum Gasteiger partial charge on any atom is 0.408 e. The highest BCUT2D eigenvalue weighted by Gasteiger charge is 2.30. The Hall–Kier alpha value is -5.83. The Labute approximate surface area is 278 Å². The van der Waals surface area contributed by atoms with Crippen LogP contribution in [0.3, 0.4) is 0 Å². The molecule has 0 fully saturated rings. The van der Waals surface area contributed by atoms with Crippen molar-refractivity contribution in [3.8, 4) is 0 Å². The number of ether oxygens (including phenoxy) is 1. The Morgan fingerprint density at radius 2 is 1.31 bits per heavy atom. The maximum atomic E-state index is 13.3. The van der Waals surface area contributed by atoms with Crippen LogP contribution in [0.1, 0.15) is 30.0 Å². The average Bonchev–Trinajstić information content (AvgIpc) is 3.07. The van der Waals surface area contributed by atoms with E-state index in [2.05, 4.69) is 21.3 Å². The summed E-state index contributed by atoms with van der Waals surface area (Å²) in [6.45, 7) is -0.772. The van der Waals surface area contributed by atoms with E-state index in [1.807, 2.05) is 0 Å². The van der Waals surface area contributed by atoms with Crippen molar-refractivity contribution in [2.24, 2.45) is 0 Å². The summed E-state index contributed by atoms with van der Waals surface area (Å²) in [7, 11) is -1.61. The highest BCUT2D eigenvalue weighted by atomic mass is 32.2. The quantitative estimate of drug-likeness (QED) is 0.122. The first kappa shape index (κ1) is 36.6. The van der Waals surface area contributed by atoms with E-state index in [4.69, 9.17) is 4.74 Å². The van der Waals surface area contributed by atoms with Gasteiger partial charge < -0.3 is 36.2 Å². The van der Waals surface area contributed by atoms with Crippen LogP contribution in [-0.2, 0) is 46.1 Å². The fourth-order valence-electron chi connectivity index (χ4n) is 4.16. The van der Waals surface area contributed by atoms with Crippen LogP contribution in [0.2, 0.25) is 0 Å². The van der Waals surface area contributed by atoms with Gasteiger partial charge in [-0.05, 0) is 23.3 Å². The van der Waals surface area contributed by atoms with Gasteiger partial charge in [-0.1, -0.05) is 84.9 Å². The normalized spacial score (nSPS) is 13.2. The molecule has 0 radical (unpaired) electrons. The van der Waals surface area contributed by atoms with Gasteiger partial charge in [-0.3, -0.25) is 24.0 Å². The first-order valence-electron chi connectivity index (χ1n) is 14.5. The van der Waals surface area contributed by atoms with E-state index in [1.54, 1.807) is 78.9 Å². The number of carboxylic acids is 2. The van der Waals surface area contributed by atoms with Gasteiger partial charge in [0.1, 0.15) is 18.7 Å². The molecule has 3 aromatic rings. The molecule has 252 valence electrons. The van der Waals surface area contributed by atoms with Crippen LogP contribution in [0.25, 0.3) is 0 Å². The molecule has 0 saturated carbocycles. The highest BCUT2D eigenvalue weighted by Crippen LogP contribution is 2.14. The molecule has 15 heteroatoms. The van der Waals surface area contributed by atoms with Crippen LogP contribution in [-0.4, -0.2) is 68.8 Å². The number of hydrogen-bond donors (Lipinski definition) is 6. The molecule has 48 heavy (non-hydrogen) atoms. The number of benzene rings is 3. The predicted molar refractivity (Wildman–Crippen MR) is 172 cm³/mol. The molecule has 0 aliphatic rings. The lowest BCUT2D eigenvalue weighted by Gasteiger charge is -2.23. The van der Waals surface area contributed by atoms with Crippen molar-refractivity contribution in [2.75, 3.05) is 6.54 Å². The number of hydrogen-bond acceptors (Lipinski definition) is 8. The summed E-state index contributed by atoms with van der Waals surface area (Å²) < 4.78 is 17.6. The smallest absolute Gasteiger partial charge is 0.408 e. The molecule has 3 aromatic carbocycles. The number of alkyl carbamates (subject to hydrolysis) is 1. The van der Waals surface area contributed by atoms with E-state index in [0.29, 0.717) is 10.5 Å². The van der Waals surface area contributed by atoms with E-state index in [-0.39, 0.29) is 12.2 Å². The summed E-state index contributed by atoms with van der Waals surface area (Å²) in [5.74, 6) is -5.30. The third-order valence-electron chi connectivity index (χ3n) is 6.46. The van der Waals surface area contributed by atoms with Crippen LogP contribution in [0, 0.1) is 0 Å². The zero-order valence-electron chi connectivity index (χ0n) is 25.4. The van der Waals surface area contributed by atoms with Crippen molar-refractivity contribution in [3.05, 3.63) is 114 Å². The largest absolute Gasteiger partial charge is 0.481 e. The molecule has 0 aliphatic carbocycles. The predicted octanol–water partition coefficient (Wildman–Crippen LogP) is 2.01. The molecule has 0 bridgehead atoms. The topological polar surface area (TPSA) is 217 Å². The van der Waals surface area contributed by atoms with Crippen molar-refractivity contribution in [3.63, 3.8) is 0 Å². The summed E-state index contributed by atoms with van der Waals surface area (Å²) >= 11 is 0. The molecule has 0 saturated heterocycles. The SMILES string of the molecule is O=C(O)CC(/C=C/S(=O)c1ccccc1)NC(=O)CNC(=O)C(NC(=O)[C@H](CC(=O)O)NC(=O)OCc1ccccc1)c1ccccc1. The molecular formula is C33H34N4O10S. The maximum absolute atomic E-state index is 13.3. The van der Waals surface area contributed by atoms with Crippen molar-refractivity contribution in [1.29, 1.82) is 0 Å². The van der Waals surface area contributed by atoms with Crippen LogP contribution in [0.4, 0.5) is 4.79 Å². The van der Waals surface area contributed by atoms with Gasteiger partial charge in [0.05, 0.1) is 36.2 Å². The second-order valence-electron chi connectivity index (χ2n) is 10.1. The molecule has 3 unspecified atom stereocenters. The van der Waals surface area contributed by atoms with Crippen molar-refractivity contribution < 1.29 is 47.9 Å². The van der Waals surface area contributed by atoms with Crippen LogP contribution in [0.5, 0.6) is 0 Å². The van der Waals surface area contributed by atoms with Gasteiger partial charge in [0.2, 0.25) is 17.7 Å². The molecule has 3 rings (SSSR count). The number of aliphatic carboxylic acids is 2. The zero-order valence-corrected chi connectivity index (χ0v) is 26.3. The van der Waals surface area contributed by atoms with Gasteiger partial charge in [-0.2, -0.15) is 0 Å². The van der Waals surface area contributed by atoms with E-state index < -0.39 is 84.1 Å². The van der Waals surface area contributed by atoms with Crippen molar-refractivity contribution in [1.82, 2.24) is 21.3 Å². The Morgan fingerprint density at radius 3 is 1.92 bits per heavy atom. The fourth-order valence-corrected chi connectivity index (χ4v) is 5.08. The number of rotatable bonds is 17. The number of carbonyl (C=O) groups excluding carboxylic acids is 4. The van der Waals surface area contributed by atoms with Crippen molar-refractivity contribution >= 4 is 46.6 Å². The summed E-state index contributed by atoms with van der Waals surface area (Å²) in [5.41, 5.74) is 0.934. The number of amides is 4. The van der Waals surface area contributed by atoms with Gasteiger partial charge in [0, 0.05) is 10.3 Å². The second-order valence-corrected chi connectivity index (χ2v) is 11.5. The highest BCUT2D eigenvalue weighted by molar-refractivity contribution is 7.88. The molecule has 6 N–H and O–H groups in total. The van der Waals surface area contributed by atoms with Gasteiger partial charge in [0.25, 0.3) is 0 Å². The molecule has 14 nitrogen and oxygen atoms in total. The molecule has 0 aliphatic heterocycles. The van der Waals surface area contributed by atoms with Crippen LogP contribution < -0.4 is 21.3 Å². The van der Waals surface area contributed by atoms with Crippen molar-refractivity contribution in [2.45, 2.75) is 42.5 Å². The molecular weight excluding hydrogens is 644 g/mol. The summed E-state index contributed by atoms with van der Waals surface area (Å²) in [6.07, 6.45) is -1.14. The van der Waals surface area contributed by atoms with E-state index in [0.717, 1.165) is 0 Å². The molecule has 0 aromatic heterocycles. The lowest BCUT2D eigenvalue weighted by Crippen LogP contribution is -2.52. The van der Waals surface area contributed by atoms with E-state index >= 15 is 0 Å². The van der Waals surface area contributed by atoms with Crippen LogP contribution >= 0.6 is 0 Å². The number of carbonyl (C=O) groups is 6. The minimum Gasteiger partial charge on any atom is -0.481 e. The summed E-state index contributed by atoms with van der Waals surface area (Å²) in [4.78, 5) is 74.9. The average molecular weight is 679 g/mol. The number of nitrogens with one attached hydrogen (secondary N) is 4. The summed E-state index contributed by atoms with van der Waals surface area (Å²) in [5, 5.41) is 29.3. The Morgan fingerprint density at radius 1 is 0.729 bits per heavy atom. The first-order valence-corrected chi connectivity index (χ1v) is 15.7. The first-order chi connectivity index (χ1) is 23.0. The monoisotopic (exact) mass is 678 g/mol. The molecule has 0 heterocycles. The van der Waals surface area contributed by atoms with E-state index in [1.165, 1.54) is 23.6 Å². The molecule has 0 spiro atoms. The standard InChI is InChI=1S/C33H34N4O10S/c38-27(35-24(18-28(39)40)16-17-48(46)25-14-8-3-9-15-25)20-34-32(44)30(23-12-6-2-7-13-23)37-31(43)26(19-29(41)42)36-33(45)47-21-22-10-4-1-5-11-22/h1-17,24,26,30H,18-21H2,(H,34,44)(H,35,38)(H,36,45)(H,37,43)(H,39,40)(H,41,42)/b17-16+/t24?,26-,30?,48?/m0/s1. The third-order valence-corrected chi connectivity index (χ3v) is 7.60. The Bertz CT molecular complexity index is 1620. The minimum atomic E-state index is -1.63. The fraction of sp³-hybridized carbons (Fsp3) is 0.212. The molecule has 4 atom stereocenters. The zero-order chi connectivity index (χ0) is 34.9. The number of carboxylic acid groups (broad SMARTS) is 2. The second kappa shape index (κ2) is 19.0. The summed E-state index contributed by atoms with van der Waals surface area (Å²) in [6, 6.07) is 20.8. The minimum absolute atomic E-state index is 0.140. The Balaban J connectivity index is 1.66. The van der Waals surface area contributed by atoms with Crippen LogP contribution in [0.15, 0.2) is 107 Å². The lowest BCUT2D eigenvalue weighted by atomic mass is 10.0. The Kier molecular flexibility index (Phi) is 14.5. The lowest BCUT2D eigenvalue weighted by molar-refractivity contribution is -0.140. The third kappa shape index (κ3) is 12.9. The molecule has 4 amide bonds. The van der Waals surface area contributed by atoms with Gasteiger partial charge >= 0.3 is 18.0 Å². The van der Waals surface area contributed by atoms with E-state index in [9.17, 15) is 43.2 Å². The van der Waals surface area contributed by atoms with Gasteiger partial charge in [-0.25, -0.2) is 9.00 Å². The van der Waals surface area contributed by atoms with Gasteiger partial charge in [0.15, 0.2) is 0 Å².